The second-order valence-electron chi connectivity index (χ2n) is 6.20. The molecule has 1 aliphatic heterocycles. The molecule has 3 rings (SSSR count). The summed E-state index contributed by atoms with van der Waals surface area (Å²) >= 11 is 0. The average molecular weight is 372 g/mol. The van der Waals surface area contributed by atoms with E-state index in [0.29, 0.717) is 0 Å². The first-order valence-electron chi connectivity index (χ1n) is 8.39. The number of hydrogen-bond acceptors (Lipinski definition) is 4. The van der Waals surface area contributed by atoms with Crippen LogP contribution in [-0.2, 0) is 19.6 Å². The van der Waals surface area contributed by atoms with Crippen molar-refractivity contribution in [2.45, 2.75) is 36.7 Å². The molecule has 1 fully saturated rings. The second kappa shape index (κ2) is 7.29. The van der Waals surface area contributed by atoms with E-state index in [-0.39, 0.29) is 23.8 Å². The fourth-order valence-electron chi connectivity index (χ4n) is 3.04. The maximum Gasteiger partial charge on any atom is 0.267 e. The number of nitrogens with zero attached hydrogens (tertiary/aromatic N) is 1. The zero-order valence-corrected chi connectivity index (χ0v) is 15.1. The van der Waals surface area contributed by atoms with Crippen LogP contribution in [0.2, 0.25) is 0 Å². The molecule has 0 spiro atoms. The number of nitrogens with one attached hydrogen (secondary N) is 1. The molecular weight excluding hydrogens is 352 g/mol. The van der Waals surface area contributed by atoms with Crippen LogP contribution >= 0.6 is 0 Å². The van der Waals surface area contributed by atoms with E-state index in [9.17, 15) is 18.0 Å². The smallest absolute Gasteiger partial charge is 0.267 e. The minimum Gasteiger partial charge on any atom is -0.348 e. The molecule has 2 aromatic rings. The van der Waals surface area contributed by atoms with E-state index in [4.69, 9.17) is 0 Å². The van der Waals surface area contributed by atoms with Crippen molar-refractivity contribution in [3.8, 4) is 0 Å². The van der Waals surface area contributed by atoms with Crippen LogP contribution in [0.3, 0.4) is 0 Å². The summed E-state index contributed by atoms with van der Waals surface area (Å²) in [5, 5.41) is 2.81. The predicted octanol–water partition coefficient (Wildman–Crippen LogP) is 2.24. The molecule has 0 bridgehead atoms. The van der Waals surface area contributed by atoms with Gasteiger partial charge < -0.3 is 5.32 Å². The Morgan fingerprint density at radius 3 is 2.27 bits per heavy atom. The Kier molecular flexibility index (Phi) is 5.08. The monoisotopic (exact) mass is 372 g/mol. The standard InChI is InChI=1S/C19H20N2O4S/c1-14(15-8-4-2-5-9-15)20-19(23)17-12-13-18(22)21(17)26(24,25)16-10-6-3-7-11-16/h2-11,14,17H,12-13H2,1H3,(H,20,23). The number of carbonyl (C=O) groups excluding carboxylic acids is 2. The van der Waals surface area contributed by atoms with Gasteiger partial charge in [-0.15, -0.1) is 0 Å². The maximum absolute atomic E-state index is 12.8. The summed E-state index contributed by atoms with van der Waals surface area (Å²) in [6.07, 6.45) is 0.210. The van der Waals surface area contributed by atoms with Crippen LogP contribution in [0.25, 0.3) is 0 Å². The first-order chi connectivity index (χ1) is 12.4. The van der Waals surface area contributed by atoms with Gasteiger partial charge in [-0.05, 0) is 31.0 Å². The quantitative estimate of drug-likeness (QED) is 0.872. The normalized spacial score (nSPS) is 18.6. The lowest BCUT2D eigenvalue weighted by Crippen LogP contribution is -2.47. The van der Waals surface area contributed by atoms with E-state index in [0.717, 1.165) is 9.87 Å². The molecule has 7 heteroatoms. The Morgan fingerprint density at radius 2 is 1.65 bits per heavy atom. The van der Waals surface area contributed by atoms with E-state index in [1.807, 2.05) is 37.3 Å². The van der Waals surface area contributed by atoms with E-state index in [1.54, 1.807) is 18.2 Å². The third kappa shape index (κ3) is 3.48. The number of sulfonamides is 1. The largest absolute Gasteiger partial charge is 0.348 e. The van der Waals surface area contributed by atoms with Crippen molar-refractivity contribution in [1.82, 2.24) is 9.62 Å². The van der Waals surface area contributed by atoms with Crippen LogP contribution in [0.1, 0.15) is 31.4 Å². The van der Waals surface area contributed by atoms with Crippen LogP contribution in [0, 0.1) is 0 Å². The Bertz CT molecular complexity index is 898. The minimum atomic E-state index is -4.06. The zero-order valence-electron chi connectivity index (χ0n) is 14.3. The van der Waals surface area contributed by atoms with Gasteiger partial charge in [-0.1, -0.05) is 48.5 Å². The summed E-state index contributed by atoms with van der Waals surface area (Å²) in [5.41, 5.74) is 0.905. The van der Waals surface area contributed by atoms with Gasteiger partial charge >= 0.3 is 0 Å². The molecule has 0 aromatic heterocycles. The molecule has 26 heavy (non-hydrogen) atoms. The van der Waals surface area contributed by atoms with Gasteiger partial charge in [-0.25, -0.2) is 12.7 Å². The van der Waals surface area contributed by atoms with E-state index in [1.165, 1.54) is 12.1 Å². The first kappa shape index (κ1) is 18.1. The fourth-order valence-corrected chi connectivity index (χ4v) is 4.66. The number of rotatable bonds is 5. The summed E-state index contributed by atoms with van der Waals surface area (Å²) in [4.78, 5) is 24.9. The lowest BCUT2D eigenvalue weighted by molar-refractivity contribution is -0.131. The summed E-state index contributed by atoms with van der Waals surface area (Å²) in [6.45, 7) is 1.82. The predicted molar refractivity (Wildman–Crippen MR) is 96.5 cm³/mol. The zero-order chi connectivity index (χ0) is 18.7. The molecular formula is C19H20N2O4S. The van der Waals surface area contributed by atoms with Gasteiger partial charge in [0.2, 0.25) is 11.8 Å². The molecule has 2 unspecified atom stereocenters. The van der Waals surface area contributed by atoms with Crippen LogP contribution < -0.4 is 5.32 Å². The van der Waals surface area contributed by atoms with Crippen molar-refractivity contribution in [2.75, 3.05) is 0 Å². The third-order valence-electron chi connectivity index (χ3n) is 4.42. The molecule has 2 atom stereocenters. The van der Waals surface area contributed by atoms with Gasteiger partial charge in [0, 0.05) is 6.42 Å². The van der Waals surface area contributed by atoms with E-state index >= 15 is 0 Å². The lowest BCUT2D eigenvalue weighted by atomic mass is 10.1. The Labute approximate surface area is 152 Å². The van der Waals surface area contributed by atoms with Crippen LogP contribution in [0.5, 0.6) is 0 Å². The van der Waals surface area contributed by atoms with Crippen molar-refractivity contribution < 1.29 is 18.0 Å². The summed E-state index contributed by atoms with van der Waals surface area (Å²) in [6, 6.07) is 15.7. The first-order valence-corrected chi connectivity index (χ1v) is 9.83. The molecule has 1 N–H and O–H groups in total. The summed E-state index contributed by atoms with van der Waals surface area (Å²) < 4.78 is 26.4. The highest BCUT2D eigenvalue weighted by atomic mass is 32.2. The Balaban J connectivity index is 1.83. The number of hydrogen-bond donors (Lipinski definition) is 1. The Hall–Kier alpha value is -2.67. The highest BCUT2D eigenvalue weighted by Gasteiger charge is 2.44. The van der Waals surface area contributed by atoms with Crippen LogP contribution in [0.4, 0.5) is 0 Å². The summed E-state index contributed by atoms with van der Waals surface area (Å²) in [7, 11) is -4.06. The highest BCUT2D eigenvalue weighted by Crippen LogP contribution is 2.28. The molecule has 6 nitrogen and oxygen atoms in total. The van der Waals surface area contributed by atoms with Gasteiger partial charge in [0.1, 0.15) is 6.04 Å². The number of carbonyl (C=O) groups is 2. The number of amides is 2. The minimum absolute atomic E-state index is 0.00385. The molecule has 1 aliphatic rings. The van der Waals surface area contributed by atoms with Gasteiger partial charge in [-0.3, -0.25) is 9.59 Å². The van der Waals surface area contributed by atoms with Crippen molar-refractivity contribution in [2.24, 2.45) is 0 Å². The molecule has 0 saturated carbocycles. The fraction of sp³-hybridized carbons (Fsp3) is 0.263. The van der Waals surface area contributed by atoms with Crippen LogP contribution in [0.15, 0.2) is 65.6 Å². The Morgan fingerprint density at radius 1 is 1.08 bits per heavy atom. The van der Waals surface area contributed by atoms with Crippen molar-refractivity contribution in [1.29, 1.82) is 0 Å². The average Bonchev–Trinajstić information content (AvgIpc) is 3.05. The van der Waals surface area contributed by atoms with E-state index in [2.05, 4.69) is 5.32 Å². The van der Waals surface area contributed by atoms with Gasteiger partial charge in [0.05, 0.1) is 10.9 Å². The molecule has 136 valence electrons. The van der Waals surface area contributed by atoms with Crippen molar-refractivity contribution >= 4 is 21.8 Å². The van der Waals surface area contributed by atoms with Gasteiger partial charge in [0.25, 0.3) is 10.0 Å². The van der Waals surface area contributed by atoms with Gasteiger partial charge in [0.15, 0.2) is 0 Å². The molecule has 0 radical (unpaired) electrons. The SMILES string of the molecule is CC(NC(=O)C1CCC(=O)N1S(=O)(=O)c1ccccc1)c1ccccc1. The molecule has 0 aliphatic carbocycles. The molecule has 1 heterocycles. The number of benzene rings is 2. The summed E-state index contributed by atoms with van der Waals surface area (Å²) in [5.74, 6) is -1.02. The topological polar surface area (TPSA) is 83.6 Å². The third-order valence-corrected chi connectivity index (χ3v) is 6.27. The van der Waals surface area contributed by atoms with Crippen molar-refractivity contribution in [3.05, 3.63) is 66.2 Å². The van der Waals surface area contributed by atoms with Gasteiger partial charge in [-0.2, -0.15) is 0 Å². The second-order valence-corrected chi connectivity index (χ2v) is 8.02. The molecule has 2 amide bonds. The van der Waals surface area contributed by atoms with Crippen LogP contribution in [-0.4, -0.2) is 30.6 Å². The molecule has 2 aromatic carbocycles. The van der Waals surface area contributed by atoms with Crippen molar-refractivity contribution in [3.63, 3.8) is 0 Å². The lowest BCUT2D eigenvalue weighted by Gasteiger charge is -2.25. The maximum atomic E-state index is 12.8. The molecule has 1 saturated heterocycles. The van der Waals surface area contributed by atoms with E-state index < -0.39 is 27.9 Å². The highest BCUT2D eigenvalue weighted by molar-refractivity contribution is 7.89.